The van der Waals surface area contributed by atoms with Crippen molar-refractivity contribution in [2.45, 2.75) is 33.6 Å². The van der Waals surface area contributed by atoms with Crippen LogP contribution in [0.5, 0.6) is 5.75 Å². The Morgan fingerprint density at radius 3 is 2.82 bits per heavy atom. The molecule has 0 unspecified atom stereocenters. The second kappa shape index (κ2) is 11.1. The molecule has 1 aromatic heterocycles. The van der Waals surface area contributed by atoms with Crippen LogP contribution in [0.25, 0.3) is 10.2 Å². The number of hydrogen-bond acceptors (Lipinski definition) is 6. The van der Waals surface area contributed by atoms with Gasteiger partial charge in [0.1, 0.15) is 5.75 Å². The first-order valence-corrected chi connectivity index (χ1v) is 12.6. The van der Waals surface area contributed by atoms with Gasteiger partial charge in [0, 0.05) is 31.7 Å². The van der Waals surface area contributed by atoms with E-state index in [1.54, 1.807) is 11.3 Å². The third-order valence-electron chi connectivity index (χ3n) is 5.88. The normalized spacial score (nSPS) is 14.5. The summed E-state index contributed by atoms with van der Waals surface area (Å²) in [5.41, 5.74) is 3.95. The second-order valence-corrected chi connectivity index (χ2v) is 9.54. The Morgan fingerprint density at radius 2 is 2.03 bits per heavy atom. The van der Waals surface area contributed by atoms with Gasteiger partial charge < -0.3 is 9.47 Å². The van der Waals surface area contributed by atoms with Gasteiger partial charge in [0.15, 0.2) is 5.13 Å². The van der Waals surface area contributed by atoms with Crippen molar-refractivity contribution in [2.24, 2.45) is 0 Å². The zero-order chi connectivity index (χ0) is 23.2. The number of amides is 1. The van der Waals surface area contributed by atoms with Crippen molar-refractivity contribution < 1.29 is 14.3 Å². The lowest BCUT2D eigenvalue weighted by molar-refractivity contribution is 0.0391. The number of unbranched alkanes of at least 4 members (excludes halogenated alkanes) is 1. The number of morpholine rings is 1. The standard InChI is InChI=1S/C26H33N3O3S/c1-4-5-13-32-22-8-6-7-21(18-22)25(30)29(10-9-28-11-14-31-15-12-28)26-27-23-17-19(2)16-20(3)24(23)33-26/h6-8,16-18H,4-5,9-15H2,1-3H3. The minimum atomic E-state index is -0.0439. The summed E-state index contributed by atoms with van der Waals surface area (Å²) < 4.78 is 12.5. The first-order valence-electron chi connectivity index (χ1n) is 11.8. The lowest BCUT2D eigenvalue weighted by Gasteiger charge is -2.29. The van der Waals surface area contributed by atoms with Crippen molar-refractivity contribution in [3.63, 3.8) is 0 Å². The topological polar surface area (TPSA) is 54.9 Å². The average molecular weight is 468 g/mol. The minimum absolute atomic E-state index is 0.0439. The molecule has 1 amide bonds. The number of thiazole rings is 1. The highest BCUT2D eigenvalue weighted by atomic mass is 32.1. The number of fused-ring (bicyclic) bond motifs is 1. The Labute approximate surface area is 200 Å². The number of carbonyl (C=O) groups excluding carboxylic acids is 1. The molecular weight excluding hydrogens is 434 g/mol. The van der Waals surface area contributed by atoms with Crippen LogP contribution in [0.1, 0.15) is 41.3 Å². The number of nitrogens with zero attached hydrogens (tertiary/aromatic N) is 3. The molecule has 7 heteroatoms. The maximum Gasteiger partial charge on any atom is 0.260 e. The molecule has 0 aliphatic carbocycles. The summed E-state index contributed by atoms with van der Waals surface area (Å²) in [6.07, 6.45) is 2.07. The van der Waals surface area contributed by atoms with Crippen molar-refractivity contribution >= 4 is 32.6 Å². The molecule has 0 spiro atoms. The van der Waals surface area contributed by atoms with E-state index in [2.05, 4.69) is 37.8 Å². The lowest BCUT2D eigenvalue weighted by Crippen LogP contribution is -2.43. The molecule has 0 radical (unpaired) electrons. The number of benzene rings is 2. The fraction of sp³-hybridized carbons (Fsp3) is 0.462. The summed E-state index contributed by atoms with van der Waals surface area (Å²) in [5, 5.41) is 0.745. The fourth-order valence-electron chi connectivity index (χ4n) is 4.04. The number of rotatable bonds is 9. The first kappa shape index (κ1) is 23.7. The van der Waals surface area contributed by atoms with E-state index in [-0.39, 0.29) is 5.91 Å². The molecular formula is C26H33N3O3S. The Balaban J connectivity index is 1.61. The number of ether oxygens (including phenoxy) is 2. The Kier molecular flexibility index (Phi) is 7.96. The van der Waals surface area contributed by atoms with E-state index in [0.29, 0.717) is 18.7 Å². The van der Waals surface area contributed by atoms with Crippen LogP contribution in [-0.4, -0.2) is 61.8 Å². The Hall–Kier alpha value is -2.48. The quantitative estimate of drug-likeness (QED) is 0.411. The van der Waals surface area contributed by atoms with E-state index in [1.165, 1.54) is 11.1 Å². The van der Waals surface area contributed by atoms with Crippen molar-refractivity contribution in [3.8, 4) is 5.75 Å². The van der Waals surface area contributed by atoms with Gasteiger partial charge in [-0.15, -0.1) is 0 Å². The lowest BCUT2D eigenvalue weighted by atomic mass is 10.1. The van der Waals surface area contributed by atoms with E-state index < -0.39 is 0 Å². The molecule has 4 rings (SSSR count). The molecule has 0 saturated carbocycles. The summed E-state index contributed by atoms with van der Waals surface area (Å²) in [6, 6.07) is 11.8. The van der Waals surface area contributed by atoms with Crippen molar-refractivity contribution in [1.29, 1.82) is 0 Å². The van der Waals surface area contributed by atoms with Gasteiger partial charge in [0.05, 0.1) is 30.0 Å². The van der Waals surface area contributed by atoms with E-state index in [9.17, 15) is 4.79 Å². The van der Waals surface area contributed by atoms with Gasteiger partial charge in [-0.05, 0) is 55.7 Å². The zero-order valence-corrected chi connectivity index (χ0v) is 20.6. The zero-order valence-electron chi connectivity index (χ0n) is 19.8. The molecule has 2 aromatic carbocycles. The maximum absolute atomic E-state index is 13.7. The van der Waals surface area contributed by atoms with Crippen LogP contribution in [0.2, 0.25) is 0 Å². The van der Waals surface area contributed by atoms with E-state index in [4.69, 9.17) is 14.5 Å². The van der Waals surface area contributed by atoms with Gasteiger partial charge in [-0.25, -0.2) is 4.98 Å². The number of aromatic nitrogens is 1. The highest BCUT2D eigenvalue weighted by molar-refractivity contribution is 7.22. The molecule has 33 heavy (non-hydrogen) atoms. The molecule has 6 nitrogen and oxygen atoms in total. The summed E-state index contributed by atoms with van der Waals surface area (Å²) in [4.78, 5) is 22.8. The van der Waals surface area contributed by atoms with Crippen LogP contribution in [0.3, 0.4) is 0 Å². The van der Waals surface area contributed by atoms with Gasteiger partial charge in [0.2, 0.25) is 0 Å². The van der Waals surface area contributed by atoms with Gasteiger partial charge in [-0.2, -0.15) is 0 Å². The average Bonchev–Trinajstić information content (AvgIpc) is 3.24. The molecule has 1 aliphatic heterocycles. The highest BCUT2D eigenvalue weighted by Gasteiger charge is 2.23. The molecule has 0 N–H and O–H groups in total. The summed E-state index contributed by atoms with van der Waals surface area (Å²) in [7, 11) is 0. The van der Waals surface area contributed by atoms with Gasteiger partial charge >= 0.3 is 0 Å². The third kappa shape index (κ3) is 5.91. The highest BCUT2D eigenvalue weighted by Crippen LogP contribution is 2.33. The predicted molar refractivity (Wildman–Crippen MR) is 135 cm³/mol. The smallest absolute Gasteiger partial charge is 0.260 e. The second-order valence-electron chi connectivity index (χ2n) is 8.57. The molecule has 3 aromatic rings. The number of anilines is 1. The summed E-state index contributed by atoms with van der Waals surface area (Å²) in [5.74, 6) is 0.691. The largest absolute Gasteiger partial charge is 0.494 e. The van der Waals surface area contributed by atoms with E-state index >= 15 is 0 Å². The van der Waals surface area contributed by atoms with Crippen LogP contribution >= 0.6 is 11.3 Å². The number of carbonyl (C=O) groups is 1. The van der Waals surface area contributed by atoms with Crippen molar-refractivity contribution in [2.75, 3.05) is 50.9 Å². The summed E-state index contributed by atoms with van der Waals surface area (Å²) >= 11 is 1.59. The SMILES string of the molecule is CCCCOc1cccc(C(=O)N(CCN2CCOCC2)c2nc3cc(C)cc(C)c3s2)c1. The molecule has 2 heterocycles. The van der Waals surface area contributed by atoms with Crippen molar-refractivity contribution in [3.05, 3.63) is 53.1 Å². The molecule has 1 aliphatic rings. The number of hydrogen-bond donors (Lipinski definition) is 0. The molecule has 1 fully saturated rings. The van der Waals surface area contributed by atoms with E-state index in [1.807, 2.05) is 29.2 Å². The van der Waals surface area contributed by atoms with Crippen molar-refractivity contribution in [1.82, 2.24) is 9.88 Å². The van der Waals surface area contributed by atoms with Crippen LogP contribution in [-0.2, 0) is 4.74 Å². The third-order valence-corrected chi connectivity index (χ3v) is 7.11. The van der Waals surface area contributed by atoms with E-state index in [0.717, 1.165) is 66.8 Å². The molecule has 1 saturated heterocycles. The van der Waals surface area contributed by atoms with Gasteiger partial charge in [-0.3, -0.25) is 14.6 Å². The van der Waals surface area contributed by atoms with Crippen LogP contribution < -0.4 is 9.64 Å². The van der Waals surface area contributed by atoms with Gasteiger partial charge in [0.25, 0.3) is 5.91 Å². The first-order chi connectivity index (χ1) is 16.0. The summed E-state index contributed by atoms with van der Waals surface area (Å²) in [6.45, 7) is 11.6. The van der Waals surface area contributed by atoms with Crippen LogP contribution in [0.15, 0.2) is 36.4 Å². The molecule has 176 valence electrons. The Bertz CT molecular complexity index is 1090. The molecule has 0 atom stereocenters. The van der Waals surface area contributed by atoms with Crippen LogP contribution in [0, 0.1) is 13.8 Å². The maximum atomic E-state index is 13.7. The Morgan fingerprint density at radius 1 is 1.21 bits per heavy atom. The minimum Gasteiger partial charge on any atom is -0.494 e. The number of aryl methyl sites for hydroxylation is 2. The van der Waals surface area contributed by atoms with Crippen LogP contribution in [0.4, 0.5) is 5.13 Å². The predicted octanol–water partition coefficient (Wildman–Crippen LogP) is 5.07. The monoisotopic (exact) mass is 467 g/mol. The molecule has 0 bridgehead atoms. The fourth-order valence-corrected chi connectivity index (χ4v) is 5.08. The van der Waals surface area contributed by atoms with Gasteiger partial charge in [-0.1, -0.05) is 36.8 Å².